The second-order valence-electron chi connectivity index (χ2n) is 5.01. The van der Waals surface area contributed by atoms with E-state index in [4.69, 9.17) is 16.3 Å². The molecule has 0 aliphatic carbocycles. The van der Waals surface area contributed by atoms with Gasteiger partial charge < -0.3 is 9.84 Å². The second-order valence-corrected chi connectivity index (χ2v) is 6.18. The second kappa shape index (κ2) is 5.23. The summed E-state index contributed by atoms with van der Waals surface area (Å²) in [6.07, 6.45) is 3.29. The molecule has 3 nitrogen and oxygen atoms in total. The van der Waals surface area contributed by atoms with E-state index >= 15 is 0 Å². The molecule has 0 saturated carbocycles. The number of nitrogens with zero attached hydrogens (tertiary/aromatic N) is 1. The molecule has 2 atom stereocenters. The highest BCUT2D eigenvalue weighted by molar-refractivity contribution is 9.10. The van der Waals surface area contributed by atoms with Gasteiger partial charge in [-0.05, 0) is 22.0 Å². The molecule has 0 bridgehead atoms. The minimum Gasteiger partial charge on any atom is -0.479 e. The molecule has 0 saturated heterocycles. The molecule has 2 unspecified atom stereocenters. The standard InChI is InChI=1S/C15H12BrClFNO2/c1-8-12-11(5-10(18)14(17)13(12)16)21-15(8,7-20)9-3-2-4-19-6-9/h2-6,8,20H,7H2,1H3. The van der Waals surface area contributed by atoms with Crippen LogP contribution in [0.25, 0.3) is 0 Å². The van der Waals surface area contributed by atoms with Crippen LogP contribution in [0.5, 0.6) is 5.75 Å². The number of halogens is 3. The number of hydrogen-bond acceptors (Lipinski definition) is 3. The molecule has 0 amide bonds. The number of aromatic nitrogens is 1. The summed E-state index contributed by atoms with van der Waals surface area (Å²) in [6.45, 7) is 1.66. The molecule has 1 aromatic heterocycles. The van der Waals surface area contributed by atoms with Crippen LogP contribution in [0.2, 0.25) is 5.02 Å². The Morgan fingerprint density at radius 2 is 2.33 bits per heavy atom. The van der Waals surface area contributed by atoms with E-state index in [-0.39, 0.29) is 17.5 Å². The van der Waals surface area contributed by atoms with Gasteiger partial charge in [0.2, 0.25) is 0 Å². The van der Waals surface area contributed by atoms with E-state index in [9.17, 15) is 9.50 Å². The van der Waals surface area contributed by atoms with Crippen molar-refractivity contribution in [2.75, 3.05) is 6.61 Å². The molecule has 0 fully saturated rings. The molecule has 0 spiro atoms. The smallest absolute Gasteiger partial charge is 0.165 e. The van der Waals surface area contributed by atoms with E-state index in [0.29, 0.717) is 10.2 Å². The third-order valence-electron chi connectivity index (χ3n) is 3.97. The zero-order chi connectivity index (χ0) is 15.2. The molecule has 110 valence electrons. The van der Waals surface area contributed by atoms with Crippen LogP contribution in [-0.2, 0) is 5.60 Å². The fraction of sp³-hybridized carbons (Fsp3) is 0.267. The Kier molecular flexibility index (Phi) is 3.67. The molecule has 6 heteroatoms. The maximum Gasteiger partial charge on any atom is 0.165 e. The van der Waals surface area contributed by atoms with Crippen LogP contribution < -0.4 is 4.74 Å². The predicted octanol–water partition coefficient (Wildman–Crippen LogP) is 4.02. The van der Waals surface area contributed by atoms with Crippen LogP contribution in [-0.4, -0.2) is 16.7 Å². The highest BCUT2D eigenvalue weighted by Gasteiger charge is 2.49. The Morgan fingerprint density at radius 3 is 2.95 bits per heavy atom. The Hall–Kier alpha value is -1.17. The summed E-state index contributed by atoms with van der Waals surface area (Å²) < 4.78 is 20.2. The molecule has 1 aromatic carbocycles. The molecule has 2 heterocycles. The fourth-order valence-electron chi connectivity index (χ4n) is 2.78. The van der Waals surface area contributed by atoms with E-state index in [0.717, 1.165) is 11.1 Å². The third-order valence-corrected chi connectivity index (χ3v) is 5.39. The van der Waals surface area contributed by atoms with Crippen LogP contribution in [0.1, 0.15) is 24.0 Å². The zero-order valence-electron chi connectivity index (χ0n) is 11.1. The van der Waals surface area contributed by atoms with Gasteiger partial charge in [-0.1, -0.05) is 24.6 Å². The summed E-state index contributed by atoms with van der Waals surface area (Å²) in [7, 11) is 0. The van der Waals surface area contributed by atoms with E-state index < -0.39 is 11.4 Å². The van der Waals surface area contributed by atoms with Crippen LogP contribution in [0.4, 0.5) is 4.39 Å². The topological polar surface area (TPSA) is 42.4 Å². The van der Waals surface area contributed by atoms with Gasteiger partial charge >= 0.3 is 0 Å². The zero-order valence-corrected chi connectivity index (χ0v) is 13.4. The predicted molar refractivity (Wildman–Crippen MR) is 81.2 cm³/mol. The Morgan fingerprint density at radius 1 is 1.57 bits per heavy atom. The monoisotopic (exact) mass is 371 g/mol. The number of rotatable bonds is 2. The van der Waals surface area contributed by atoms with Gasteiger partial charge in [0, 0.05) is 40.0 Å². The first kappa shape index (κ1) is 14.8. The number of fused-ring (bicyclic) bond motifs is 1. The molecule has 3 rings (SSSR count). The van der Waals surface area contributed by atoms with Gasteiger partial charge in [0.1, 0.15) is 11.6 Å². The van der Waals surface area contributed by atoms with E-state index in [1.165, 1.54) is 6.07 Å². The molecular formula is C15H12BrClFNO2. The van der Waals surface area contributed by atoms with Gasteiger partial charge in [-0.15, -0.1) is 0 Å². The Labute approximate surface area is 134 Å². The van der Waals surface area contributed by atoms with Gasteiger partial charge in [0.15, 0.2) is 5.60 Å². The van der Waals surface area contributed by atoms with Gasteiger partial charge in [-0.2, -0.15) is 0 Å². The van der Waals surface area contributed by atoms with Crippen molar-refractivity contribution < 1.29 is 14.2 Å². The third kappa shape index (κ3) is 2.06. The molecule has 0 radical (unpaired) electrons. The SMILES string of the molecule is CC1c2c(cc(F)c(Cl)c2Br)OC1(CO)c1cccnc1. The number of aliphatic hydroxyl groups is 1. The quantitative estimate of drug-likeness (QED) is 0.810. The van der Waals surface area contributed by atoms with Crippen LogP contribution in [0, 0.1) is 5.82 Å². The average Bonchev–Trinajstić information content (AvgIpc) is 2.79. The lowest BCUT2D eigenvalue weighted by Gasteiger charge is -2.31. The van der Waals surface area contributed by atoms with Crippen LogP contribution in [0.15, 0.2) is 35.1 Å². The molecule has 2 aromatic rings. The van der Waals surface area contributed by atoms with Crippen molar-refractivity contribution in [2.24, 2.45) is 0 Å². The van der Waals surface area contributed by atoms with Gasteiger partial charge in [0.25, 0.3) is 0 Å². The van der Waals surface area contributed by atoms with Gasteiger partial charge in [0.05, 0.1) is 11.6 Å². The maximum absolute atomic E-state index is 13.8. The van der Waals surface area contributed by atoms with Crippen molar-refractivity contribution in [1.29, 1.82) is 0 Å². The van der Waals surface area contributed by atoms with Gasteiger partial charge in [-0.3, -0.25) is 4.98 Å². The first-order valence-corrected chi connectivity index (χ1v) is 7.56. The minimum absolute atomic E-state index is 0.0177. The summed E-state index contributed by atoms with van der Waals surface area (Å²) in [5.74, 6) is -0.391. The van der Waals surface area contributed by atoms with E-state index in [1.54, 1.807) is 18.5 Å². The summed E-state index contributed by atoms with van der Waals surface area (Å²) in [5, 5.41) is 9.96. The molecule has 1 N–H and O–H groups in total. The minimum atomic E-state index is -0.990. The normalized spacial score (nSPS) is 23.8. The number of pyridine rings is 1. The lowest BCUT2D eigenvalue weighted by Crippen LogP contribution is -2.38. The molecular weight excluding hydrogens is 361 g/mol. The lowest BCUT2D eigenvalue weighted by molar-refractivity contribution is 0.00704. The van der Waals surface area contributed by atoms with E-state index in [2.05, 4.69) is 20.9 Å². The number of aliphatic hydroxyl groups excluding tert-OH is 1. The Bertz CT molecular complexity index is 698. The van der Waals surface area contributed by atoms with Crippen molar-refractivity contribution in [2.45, 2.75) is 18.4 Å². The average molecular weight is 373 g/mol. The summed E-state index contributed by atoms with van der Waals surface area (Å²) in [6, 6.07) is 4.86. The number of hydrogen-bond donors (Lipinski definition) is 1. The van der Waals surface area contributed by atoms with Crippen molar-refractivity contribution in [1.82, 2.24) is 4.98 Å². The molecule has 21 heavy (non-hydrogen) atoms. The van der Waals surface area contributed by atoms with E-state index in [1.807, 2.05) is 13.0 Å². The number of ether oxygens (including phenoxy) is 1. The van der Waals surface area contributed by atoms with Crippen molar-refractivity contribution >= 4 is 27.5 Å². The fourth-order valence-corrected chi connectivity index (χ4v) is 3.66. The van der Waals surface area contributed by atoms with Crippen molar-refractivity contribution in [3.63, 3.8) is 0 Å². The van der Waals surface area contributed by atoms with Crippen LogP contribution in [0.3, 0.4) is 0 Å². The van der Waals surface area contributed by atoms with Crippen molar-refractivity contribution in [3.05, 3.63) is 57.0 Å². The molecule has 1 aliphatic heterocycles. The first-order valence-electron chi connectivity index (χ1n) is 6.39. The largest absolute Gasteiger partial charge is 0.479 e. The highest BCUT2D eigenvalue weighted by atomic mass is 79.9. The molecule has 1 aliphatic rings. The van der Waals surface area contributed by atoms with Crippen LogP contribution >= 0.6 is 27.5 Å². The Balaban J connectivity index is 2.19. The highest BCUT2D eigenvalue weighted by Crippen LogP contribution is 2.54. The lowest BCUT2D eigenvalue weighted by atomic mass is 9.81. The van der Waals surface area contributed by atoms with Crippen molar-refractivity contribution in [3.8, 4) is 5.75 Å². The summed E-state index contributed by atoms with van der Waals surface area (Å²) in [5.41, 5.74) is 0.495. The number of benzene rings is 1. The maximum atomic E-state index is 13.8. The summed E-state index contributed by atoms with van der Waals surface area (Å²) in [4.78, 5) is 4.07. The summed E-state index contributed by atoms with van der Waals surface area (Å²) >= 11 is 9.28. The first-order chi connectivity index (χ1) is 10.0. The van der Waals surface area contributed by atoms with Gasteiger partial charge in [-0.25, -0.2) is 4.39 Å².